The van der Waals surface area contributed by atoms with E-state index in [4.69, 9.17) is 0 Å². The summed E-state index contributed by atoms with van der Waals surface area (Å²) in [6.07, 6.45) is 0. The van der Waals surface area contributed by atoms with Crippen LogP contribution >= 0.6 is 0 Å². The molecule has 1 saturated heterocycles. The molecule has 1 saturated carbocycles. The lowest BCUT2D eigenvalue weighted by atomic mass is 10.1. The first-order chi connectivity index (χ1) is 4.30. The van der Waals surface area contributed by atoms with Crippen molar-refractivity contribution in [3.05, 3.63) is 0 Å². The highest BCUT2D eigenvalue weighted by Crippen LogP contribution is 2.52. The van der Waals surface area contributed by atoms with Crippen LogP contribution in [0.3, 0.4) is 0 Å². The molecule has 0 radical (unpaired) electrons. The summed E-state index contributed by atoms with van der Waals surface area (Å²) >= 11 is 0. The molecule has 2 rings (SSSR count). The van der Waals surface area contributed by atoms with Crippen LogP contribution in [0.25, 0.3) is 0 Å². The Labute approximate surface area is 56.8 Å². The lowest BCUT2D eigenvalue weighted by Crippen LogP contribution is -2.16. The molecule has 0 bridgehead atoms. The van der Waals surface area contributed by atoms with Crippen LogP contribution in [0.15, 0.2) is 0 Å². The van der Waals surface area contributed by atoms with Gasteiger partial charge in [0, 0.05) is 0 Å². The van der Waals surface area contributed by atoms with Crippen molar-refractivity contribution >= 4 is 0 Å². The number of hydrogen-bond acceptors (Lipinski definition) is 1. The molecular formula is C8H15N. The second kappa shape index (κ2) is 1.72. The molecule has 0 aromatic carbocycles. The van der Waals surface area contributed by atoms with Gasteiger partial charge in [-0.25, -0.2) is 0 Å². The van der Waals surface area contributed by atoms with Crippen LogP contribution in [0.1, 0.15) is 13.8 Å². The third kappa shape index (κ3) is 0.710. The molecule has 0 aromatic rings. The third-order valence-electron chi connectivity index (χ3n) is 2.93. The van der Waals surface area contributed by atoms with Gasteiger partial charge in [0.2, 0.25) is 0 Å². The molecule has 9 heavy (non-hydrogen) atoms. The van der Waals surface area contributed by atoms with Gasteiger partial charge in [-0.3, -0.25) is 0 Å². The zero-order valence-corrected chi connectivity index (χ0v) is 6.22. The van der Waals surface area contributed by atoms with Crippen LogP contribution in [0, 0.1) is 23.7 Å². The molecule has 1 nitrogen and oxygen atoms in total. The molecule has 1 aliphatic heterocycles. The minimum Gasteiger partial charge on any atom is -0.316 e. The van der Waals surface area contributed by atoms with Crippen LogP contribution in [0.2, 0.25) is 0 Å². The van der Waals surface area contributed by atoms with Gasteiger partial charge in [0.25, 0.3) is 0 Å². The summed E-state index contributed by atoms with van der Waals surface area (Å²) in [5, 5.41) is 3.41. The van der Waals surface area contributed by atoms with E-state index in [0.717, 1.165) is 23.7 Å². The van der Waals surface area contributed by atoms with E-state index in [-0.39, 0.29) is 0 Å². The molecule has 0 unspecified atom stereocenters. The Morgan fingerprint density at radius 3 is 2.11 bits per heavy atom. The van der Waals surface area contributed by atoms with E-state index in [0.29, 0.717) is 0 Å². The molecule has 2 fully saturated rings. The Hall–Kier alpha value is -0.0400. The first-order valence-corrected chi connectivity index (χ1v) is 4.01. The van der Waals surface area contributed by atoms with Crippen molar-refractivity contribution in [2.75, 3.05) is 13.1 Å². The normalized spacial score (nSPS) is 47.7. The minimum atomic E-state index is 0.932. The van der Waals surface area contributed by atoms with Crippen LogP contribution in [0.5, 0.6) is 0 Å². The molecule has 1 heterocycles. The van der Waals surface area contributed by atoms with Gasteiger partial charge in [-0.2, -0.15) is 0 Å². The quantitative estimate of drug-likeness (QED) is 0.553. The summed E-state index contributed by atoms with van der Waals surface area (Å²) in [6.45, 7) is 7.30. The third-order valence-corrected chi connectivity index (χ3v) is 2.93. The molecule has 1 heteroatoms. The highest BCUT2D eigenvalue weighted by atomic mass is 15.0. The molecule has 2 aliphatic rings. The fourth-order valence-corrected chi connectivity index (χ4v) is 2.46. The maximum absolute atomic E-state index is 3.41. The molecule has 3 atom stereocenters. The standard InChI is InChI=1S/C8H15N/c1-5(2)8-6-3-9-4-7(6)8/h5-9H,3-4H2,1-2H3/t6-,7+,8+. The summed E-state index contributed by atoms with van der Waals surface area (Å²) in [6, 6.07) is 0. The maximum Gasteiger partial charge on any atom is -0.00143 e. The molecule has 52 valence electrons. The van der Waals surface area contributed by atoms with Crippen LogP contribution in [-0.2, 0) is 0 Å². The van der Waals surface area contributed by atoms with Crippen LogP contribution in [0.4, 0.5) is 0 Å². The van der Waals surface area contributed by atoms with E-state index >= 15 is 0 Å². The largest absolute Gasteiger partial charge is 0.316 e. The minimum absolute atomic E-state index is 0.932. The summed E-state index contributed by atoms with van der Waals surface area (Å²) in [5.74, 6) is 4.13. The van der Waals surface area contributed by atoms with E-state index in [1.165, 1.54) is 13.1 Å². The van der Waals surface area contributed by atoms with Gasteiger partial charge in [0.1, 0.15) is 0 Å². The number of nitrogens with one attached hydrogen (secondary N) is 1. The fraction of sp³-hybridized carbons (Fsp3) is 1.00. The van der Waals surface area contributed by atoms with Crippen molar-refractivity contribution in [1.29, 1.82) is 0 Å². The van der Waals surface area contributed by atoms with Gasteiger partial charge in [-0.1, -0.05) is 13.8 Å². The first-order valence-electron chi connectivity index (χ1n) is 4.01. The van der Waals surface area contributed by atoms with E-state index in [9.17, 15) is 0 Å². The van der Waals surface area contributed by atoms with Gasteiger partial charge >= 0.3 is 0 Å². The zero-order valence-electron chi connectivity index (χ0n) is 6.22. The van der Waals surface area contributed by atoms with Crippen molar-refractivity contribution in [1.82, 2.24) is 5.32 Å². The number of hydrogen-bond donors (Lipinski definition) is 1. The summed E-state index contributed by atoms with van der Waals surface area (Å²) < 4.78 is 0. The monoisotopic (exact) mass is 125 g/mol. The Kier molecular flexibility index (Phi) is 1.10. The molecular weight excluding hydrogens is 110 g/mol. The Bertz CT molecular complexity index is 110. The van der Waals surface area contributed by atoms with Gasteiger partial charge in [0.05, 0.1) is 0 Å². The van der Waals surface area contributed by atoms with E-state index in [1.54, 1.807) is 0 Å². The van der Waals surface area contributed by atoms with Crippen LogP contribution < -0.4 is 5.32 Å². The maximum atomic E-state index is 3.41. The Balaban J connectivity index is 1.94. The number of fused-ring (bicyclic) bond motifs is 1. The summed E-state index contributed by atoms with van der Waals surface area (Å²) in [5.41, 5.74) is 0. The van der Waals surface area contributed by atoms with Crippen molar-refractivity contribution in [2.45, 2.75) is 13.8 Å². The van der Waals surface area contributed by atoms with Gasteiger partial charge in [0.15, 0.2) is 0 Å². The second-order valence-electron chi connectivity index (χ2n) is 3.81. The van der Waals surface area contributed by atoms with Crippen molar-refractivity contribution in [3.63, 3.8) is 0 Å². The number of piperidine rings is 1. The highest BCUT2D eigenvalue weighted by molar-refractivity contribution is 5.04. The first kappa shape index (κ1) is 5.72. The molecule has 1 aliphatic carbocycles. The lowest BCUT2D eigenvalue weighted by molar-refractivity contribution is 0.463. The second-order valence-corrected chi connectivity index (χ2v) is 3.81. The molecule has 0 amide bonds. The van der Waals surface area contributed by atoms with Crippen molar-refractivity contribution in [3.8, 4) is 0 Å². The Morgan fingerprint density at radius 1 is 1.22 bits per heavy atom. The average molecular weight is 125 g/mol. The van der Waals surface area contributed by atoms with E-state index in [1.807, 2.05) is 0 Å². The Morgan fingerprint density at radius 2 is 1.78 bits per heavy atom. The van der Waals surface area contributed by atoms with E-state index < -0.39 is 0 Å². The highest BCUT2D eigenvalue weighted by Gasteiger charge is 2.53. The SMILES string of the molecule is CC(C)[C@H]1[C@@H]2CNC[C@@H]21. The molecule has 0 aromatic heterocycles. The summed E-state index contributed by atoms with van der Waals surface area (Å²) in [4.78, 5) is 0. The molecule has 1 N–H and O–H groups in total. The van der Waals surface area contributed by atoms with Crippen molar-refractivity contribution in [2.24, 2.45) is 23.7 Å². The van der Waals surface area contributed by atoms with E-state index in [2.05, 4.69) is 19.2 Å². The average Bonchev–Trinajstić information content (AvgIpc) is 2.30. The smallest absolute Gasteiger partial charge is 0.00143 e. The molecule has 0 spiro atoms. The fourth-order valence-electron chi connectivity index (χ4n) is 2.46. The topological polar surface area (TPSA) is 12.0 Å². The zero-order chi connectivity index (χ0) is 6.43. The summed E-state index contributed by atoms with van der Waals surface area (Å²) in [7, 11) is 0. The van der Waals surface area contributed by atoms with Gasteiger partial charge in [-0.15, -0.1) is 0 Å². The number of rotatable bonds is 1. The predicted molar refractivity (Wildman–Crippen MR) is 38.2 cm³/mol. The predicted octanol–water partition coefficient (Wildman–Crippen LogP) is 1.11. The van der Waals surface area contributed by atoms with Crippen molar-refractivity contribution < 1.29 is 0 Å². The van der Waals surface area contributed by atoms with Gasteiger partial charge in [-0.05, 0) is 36.8 Å². The lowest BCUT2D eigenvalue weighted by Gasteiger charge is -2.06. The van der Waals surface area contributed by atoms with Gasteiger partial charge < -0.3 is 5.32 Å². The van der Waals surface area contributed by atoms with Crippen LogP contribution in [-0.4, -0.2) is 13.1 Å².